The number of rotatable bonds is 3. The van der Waals surface area contributed by atoms with Gasteiger partial charge in [0.25, 0.3) is 0 Å². The van der Waals surface area contributed by atoms with Crippen LogP contribution in [0.3, 0.4) is 0 Å². The van der Waals surface area contributed by atoms with Gasteiger partial charge in [0, 0.05) is 5.56 Å². The molecule has 0 aromatic carbocycles. The van der Waals surface area contributed by atoms with Crippen molar-refractivity contribution in [1.29, 1.82) is 0 Å². The smallest absolute Gasteiger partial charge is 0.155 e. The van der Waals surface area contributed by atoms with Gasteiger partial charge in [0.2, 0.25) is 0 Å². The first-order chi connectivity index (χ1) is 8.45. The normalized spacial score (nSPS) is 24.9. The summed E-state index contributed by atoms with van der Waals surface area (Å²) in [5.74, 6) is 1.95. The standard InChI is InChI=1S/C13H21NO3S/c1-9-8-11(10(2)17-9)13(14-3)12-6-4-5-7-18(12,15)16/h8,12-14H,4-7H2,1-3H3. The summed E-state index contributed by atoms with van der Waals surface area (Å²) >= 11 is 0. The summed E-state index contributed by atoms with van der Waals surface area (Å²) in [6, 6.07) is 1.79. The summed E-state index contributed by atoms with van der Waals surface area (Å²) in [6.45, 7) is 3.78. The molecule has 1 aromatic heterocycles. The Bertz CT molecular complexity index is 518. The fourth-order valence-corrected chi connectivity index (χ4v) is 4.99. The second-order valence-corrected chi connectivity index (χ2v) is 7.38. The molecule has 1 aliphatic heterocycles. The summed E-state index contributed by atoms with van der Waals surface area (Å²) in [7, 11) is -1.18. The minimum Gasteiger partial charge on any atom is -0.466 e. The molecule has 18 heavy (non-hydrogen) atoms. The fraction of sp³-hybridized carbons (Fsp3) is 0.692. The van der Waals surface area contributed by atoms with Crippen LogP contribution in [0, 0.1) is 13.8 Å². The van der Waals surface area contributed by atoms with Crippen LogP contribution in [0.5, 0.6) is 0 Å². The number of sulfone groups is 1. The van der Waals surface area contributed by atoms with Gasteiger partial charge in [-0.2, -0.15) is 0 Å². The molecule has 0 saturated carbocycles. The number of aryl methyl sites for hydroxylation is 2. The lowest BCUT2D eigenvalue weighted by atomic mass is 10.00. The molecule has 5 heteroatoms. The maximum atomic E-state index is 12.2. The van der Waals surface area contributed by atoms with Crippen molar-refractivity contribution in [2.75, 3.05) is 12.8 Å². The summed E-state index contributed by atoms with van der Waals surface area (Å²) < 4.78 is 29.9. The van der Waals surface area contributed by atoms with E-state index in [-0.39, 0.29) is 11.3 Å². The molecule has 0 aliphatic carbocycles. The largest absolute Gasteiger partial charge is 0.466 e. The van der Waals surface area contributed by atoms with Crippen LogP contribution in [-0.4, -0.2) is 26.5 Å². The molecule has 1 saturated heterocycles. The molecule has 0 bridgehead atoms. The molecule has 0 amide bonds. The van der Waals surface area contributed by atoms with E-state index in [9.17, 15) is 8.42 Å². The number of nitrogens with one attached hydrogen (secondary N) is 1. The third-order valence-electron chi connectivity index (χ3n) is 3.73. The van der Waals surface area contributed by atoms with Gasteiger partial charge in [-0.1, -0.05) is 6.42 Å². The van der Waals surface area contributed by atoms with E-state index in [0.29, 0.717) is 5.75 Å². The third kappa shape index (κ3) is 2.47. The molecule has 4 nitrogen and oxygen atoms in total. The Labute approximate surface area is 109 Å². The minimum atomic E-state index is -2.99. The van der Waals surface area contributed by atoms with Crippen molar-refractivity contribution in [3.8, 4) is 0 Å². The lowest BCUT2D eigenvalue weighted by Gasteiger charge is -2.29. The van der Waals surface area contributed by atoms with Crippen LogP contribution < -0.4 is 5.32 Å². The van der Waals surface area contributed by atoms with Crippen molar-refractivity contribution in [1.82, 2.24) is 5.32 Å². The van der Waals surface area contributed by atoms with Crippen LogP contribution in [0.25, 0.3) is 0 Å². The van der Waals surface area contributed by atoms with Crippen LogP contribution >= 0.6 is 0 Å². The van der Waals surface area contributed by atoms with Gasteiger partial charge in [-0.3, -0.25) is 0 Å². The predicted octanol–water partition coefficient (Wildman–Crippen LogP) is 2.12. The molecule has 0 spiro atoms. The molecular formula is C13H21NO3S. The van der Waals surface area contributed by atoms with Gasteiger partial charge in [0.05, 0.1) is 17.0 Å². The topological polar surface area (TPSA) is 59.3 Å². The van der Waals surface area contributed by atoms with Crippen molar-refractivity contribution in [2.24, 2.45) is 0 Å². The third-order valence-corrected chi connectivity index (χ3v) is 6.01. The molecule has 102 valence electrons. The van der Waals surface area contributed by atoms with Gasteiger partial charge < -0.3 is 9.73 Å². The number of hydrogen-bond acceptors (Lipinski definition) is 4. The molecule has 2 atom stereocenters. The quantitative estimate of drug-likeness (QED) is 0.915. The van der Waals surface area contributed by atoms with E-state index in [1.54, 1.807) is 0 Å². The van der Waals surface area contributed by atoms with Crippen molar-refractivity contribution < 1.29 is 12.8 Å². The Morgan fingerprint density at radius 3 is 2.61 bits per heavy atom. The second kappa shape index (κ2) is 5.05. The summed E-state index contributed by atoms with van der Waals surface area (Å²) in [6.07, 6.45) is 2.51. The molecule has 1 fully saturated rings. The summed E-state index contributed by atoms with van der Waals surface area (Å²) in [5.41, 5.74) is 0.977. The molecule has 0 radical (unpaired) electrons. The average molecular weight is 271 g/mol. The summed E-state index contributed by atoms with van der Waals surface area (Å²) in [5, 5.41) is 2.83. The van der Waals surface area contributed by atoms with Crippen LogP contribution in [-0.2, 0) is 9.84 Å². The molecule has 1 N–H and O–H groups in total. The van der Waals surface area contributed by atoms with Gasteiger partial charge in [-0.25, -0.2) is 8.42 Å². The Morgan fingerprint density at radius 1 is 1.39 bits per heavy atom. The highest BCUT2D eigenvalue weighted by Crippen LogP contribution is 2.33. The Kier molecular flexibility index (Phi) is 3.82. The van der Waals surface area contributed by atoms with Crippen molar-refractivity contribution in [3.63, 3.8) is 0 Å². The van der Waals surface area contributed by atoms with E-state index in [4.69, 9.17) is 4.42 Å². The molecule has 1 aromatic rings. The number of furan rings is 1. The Hall–Kier alpha value is -0.810. The first kappa shape index (κ1) is 13.6. The zero-order chi connectivity index (χ0) is 13.3. The van der Waals surface area contributed by atoms with Crippen LogP contribution in [0.4, 0.5) is 0 Å². The maximum Gasteiger partial charge on any atom is 0.155 e. The zero-order valence-electron chi connectivity index (χ0n) is 11.2. The van der Waals surface area contributed by atoms with Gasteiger partial charge >= 0.3 is 0 Å². The van der Waals surface area contributed by atoms with Crippen molar-refractivity contribution in [2.45, 2.75) is 44.4 Å². The number of hydrogen-bond donors (Lipinski definition) is 1. The van der Waals surface area contributed by atoms with Gasteiger partial charge in [-0.15, -0.1) is 0 Å². The van der Waals surface area contributed by atoms with Gasteiger partial charge in [-0.05, 0) is 39.8 Å². The van der Waals surface area contributed by atoms with Gasteiger partial charge in [0.1, 0.15) is 11.5 Å². The van der Waals surface area contributed by atoms with E-state index >= 15 is 0 Å². The van der Waals surface area contributed by atoms with Gasteiger partial charge in [0.15, 0.2) is 9.84 Å². The predicted molar refractivity (Wildman–Crippen MR) is 71.4 cm³/mol. The highest BCUT2D eigenvalue weighted by molar-refractivity contribution is 7.92. The Morgan fingerprint density at radius 2 is 2.11 bits per heavy atom. The molecule has 2 unspecified atom stereocenters. The minimum absolute atomic E-state index is 0.159. The highest BCUT2D eigenvalue weighted by Gasteiger charge is 2.36. The second-order valence-electron chi connectivity index (χ2n) is 5.04. The van der Waals surface area contributed by atoms with E-state index in [1.165, 1.54) is 0 Å². The van der Waals surface area contributed by atoms with Crippen LogP contribution in [0.1, 0.15) is 42.4 Å². The fourth-order valence-electron chi connectivity index (χ4n) is 2.85. The molecule has 2 rings (SSSR count). The average Bonchev–Trinajstić information content (AvgIpc) is 2.61. The first-order valence-corrected chi connectivity index (χ1v) is 8.13. The van der Waals surface area contributed by atoms with Crippen molar-refractivity contribution >= 4 is 9.84 Å². The lowest BCUT2D eigenvalue weighted by molar-refractivity contribution is 0.455. The highest BCUT2D eigenvalue weighted by atomic mass is 32.2. The zero-order valence-corrected chi connectivity index (χ0v) is 12.0. The first-order valence-electron chi connectivity index (χ1n) is 6.41. The lowest BCUT2D eigenvalue weighted by Crippen LogP contribution is -2.39. The van der Waals surface area contributed by atoms with E-state index in [0.717, 1.165) is 36.3 Å². The van der Waals surface area contributed by atoms with Crippen LogP contribution in [0.15, 0.2) is 10.5 Å². The molecule has 2 heterocycles. The summed E-state index contributed by atoms with van der Waals surface area (Å²) in [4.78, 5) is 0. The molecular weight excluding hydrogens is 250 g/mol. The van der Waals surface area contributed by atoms with Crippen LogP contribution in [0.2, 0.25) is 0 Å². The van der Waals surface area contributed by atoms with E-state index in [1.807, 2.05) is 27.0 Å². The van der Waals surface area contributed by atoms with E-state index < -0.39 is 9.84 Å². The monoisotopic (exact) mass is 271 g/mol. The molecule has 1 aliphatic rings. The van der Waals surface area contributed by atoms with Crippen molar-refractivity contribution in [3.05, 3.63) is 23.2 Å². The maximum absolute atomic E-state index is 12.2. The SMILES string of the molecule is CNC(c1cc(C)oc1C)C1CCCCS1(=O)=O. The van der Waals surface area contributed by atoms with E-state index in [2.05, 4.69) is 5.32 Å². The Balaban J connectivity index is 2.36.